The Morgan fingerprint density at radius 3 is 1.59 bits per heavy atom. The zero-order valence-corrected chi connectivity index (χ0v) is 17.8. The quantitative estimate of drug-likeness (QED) is 0.241. The minimum atomic E-state index is -4.35. The Morgan fingerprint density at radius 1 is 0.741 bits per heavy atom. The molecule has 5 heteroatoms. The van der Waals surface area contributed by atoms with E-state index in [1.807, 2.05) is 0 Å². The van der Waals surface area contributed by atoms with Gasteiger partial charge in [-0.15, -0.1) is 0 Å². The molecular weight excluding hydrogens is 360 g/mol. The van der Waals surface area contributed by atoms with Crippen molar-refractivity contribution in [3.8, 4) is 5.75 Å². The molecule has 4 nitrogen and oxygen atoms in total. The summed E-state index contributed by atoms with van der Waals surface area (Å²) in [5.74, 6) is -0.375. The van der Waals surface area contributed by atoms with Crippen molar-refractivity contribution in [1.82, 2.24) is 0 Å². The van der Waals surface area contributed by atoms with Gasteiger partial charge in [-0.25, -0.2) is 0 Å². The molecule has 0 aliphatic carbocycles. The van der Waals surface area contributed by atoms with Crippen LogP contribution in [0.1, 0.15) is 102 Å². The summed E-state index contributed by atoms with van der Waals surface area (Å²) in [5, 5.41) is 9.70. The van der Waals surface area contributed by atoms with Crippen LogP contribution in [-0.2, 0) is 16.5 Å². The summed E-state index contributed by atoms with van der Waals surface area (Å²) < 4.78 is 31.1. The molecule has 0 saturated carbocycles. The zero-order valence-electron chi connectivity index (χ0n) is 17.0. The van der Waals surface area contributed by atoms with Gasteiger partial charge in [-0.1, -0.05) is 96.5 Å². The molecule has 0 unspecified atom stereocenters. The van der Waals surface area contributed by atoms with Crippen LogP contribution >= 0.6 is 0 Å². The number of aryl methyl sites for hydroxylation is 1. The third kappa shape index (κ3) is 11.4. The maximum Gasteiger partial charge on any atom is 0.298 e. The lowest BCUT2D eigenvalue weighted by atomic mass is 10.0. The molecule has 156 valence electrons. The summed E-state index contributed by atoms with van der Waals surface area (Å²) >= 11 is 0. The molecule has 1 aromatic rings. The van der Waals surface area contributed by atoms with Gasteiger partial charge in [0.1, 0.15) is 10.6 Å². The first-order valence-electron chi connectivity index (χ1n) is 10.7. The molecule has 0 aliphatic rings. The standard InChI is InChI=1S/C22H38O4S/c1-2-3-4-5-6-7-8-9-10-11-12-13-14-15-16-20-17-18-22(21(23)19-20)27(24,25)26/h17-19,23H,2-16H2,1H3,(H,24,25,26). The molecule has 0 amide bonds. The van der Waals surface area contributed by atoms with Crippen LogP contribution < -0.4 is 0 Å². The Labute approximate surface area is 166 Å². The highest BCUT2D eigenvalue weighted by molar-refractivity contribution is 7.86. The number of benzene rings is 1. The molecule has 0 bridgehead atoms. The first kappa shape index (κ1) is 24.0. The van der Waals surface area contributed by atoms with Crippen molar-refractivity contribution in [2.45, 2.75) is 108 Å². The highest BCUT2D eigenvalue weighted by atomic mass is 32.2. The Balaban J connectivity index is 1.98. The lowest BCUT2D eigenvalue weighted by Gasteiger charge is -2.06. The third-order valence-electron chi connectivity index (χ3n) is 5.12. The molecule has 0 heterocycles. The van der Waals surface area contributed by atoms with E-state index in [4.69, 9.17) is 4.55 Å². The summed E-state index contributed by atoms with van der Waals surface area (Å²) in [6.07, 6.45) is 19.2. The van der Waals surface area contributed by atoms with E-state index < -0.39 is 15.0 Å². The monoisotopic (exact) mass is 398 g/mol. The lowest BCUT2D eigenvalue weighted by Crippen LogP contribution is -1.99. The van der Waals surface area contributed by atoms with Crippen LogP contribution in [0.3, 0.4) is 0 Å². The average molecular weight is 399 g/mol. The van der Waals surface area contributed by atoms with Crippen molar-refractivity contribution >= 4 is 10.1 Å². The van der Waals surface area contributed by atoms with Gasteiger partial charge in [0.25, 0.3) is 10.1 Å². The van der Waals surface area contributed by atoms with Crippen LogP contribution in [0.2, 0.25) is 0 Å². The molecule has 0 atom stereocenters. The predicted molar refractivity (Wildman–Crippen MR) is 112 cm³/mol. The van der Waals surface area contributed by atoms with Crippen LogP contribution in [-0.4, -0.2) is 18.1 Å². The average Bonchev–Trinajstić information content (AvgIpc) is 2.61. The number of hydrogen-bond donors (Lipinski definition) is 2. The molecule has 0 radical (unpaired) electrons. The van der Waals surface area contributed by atoms with E-state index in [0.717, 1.165) is 24.8 Å². The Hall–Kier alpha value is -1.07. The molecule has 0 spiro atoms. The second-order valence-corrected chi connectivity index (χ2v) is 9.01. The number of phenols is 1. The second-order valence-electron chi connectivity index (χ2n) is 7.62. The number of rotatable bonds is 16. The molecule has 0 fully saturated rings. The minimum Gasteiger partial charge on any atom is -0.506 e. The van der Waals surface area contributed by atoms with Gasteiger partial charge in [0.05, 0.1) is 0 Å². The second kappa shape index (κ2) is 14.0. The molecule has 2 N–H and O–H groups in total. The molecule has 0 aromatic heterocycles. The number of phenolic OH excluding ortho intramolecular Hbond substituents is 1. The lowest BCUT2D eigenvalue weighted by molar-refractivity contribution is 0.442. The van der Waals surface area contributed by atoms with Gasteiger partial charge in [-0.2, -0.15) is 8.42 Å². The van der Waals surface area contributed by atoms with Gasteiger partial charge in [0.2, 0.25) is 0 Å². The summed E-state index contributed by atoms with van der Waals surface area (Å²) in [6.45, 7) is 2.26. The first-order chi connectivity index (χ1) is 12.9. The van der Waals surface area contributed by atoms with Gasteiger partial charge in [-0.3, -0.25) is 4.55 Å². The maximum absolute atomic E-state index is 11.1. The van der Waals surface area contributed by atoms with Gasteiger partial charge in [0, 0.05) is 0 Å². The Morgan fingerprint density at radius 2 is 1.19 bits per heavy atom. The summed E-state index contributed by atoms with van der Waals surface area (Å²) in [4.78, 5) is -0.424. The van der Waals surface area contributed by atoms with Crippen molar-refractivity contribution in [3.05, 3.63) is 23.8 Å². The van der Waals surface area contributed by atoms with E-state index in [2.05, 4.69) is 6.92 Å². The van der Waals surface area contributed by atoms with Gasteiger partial charge in [-0.05, 0) is 30.5 Å². The summed E-state index contributed by atoms with van der Waals surface area (Å²) in [5.41, 5.74) is 0.902. The largest absolute Gasteiger partial charge is 0.506 e. The van der Waals surface area contributed by atoms with Crippen molar-refractivity contribution in [2.24, 2.45) is 0 Å². The van der Waals surface area contributed by atoms with Crippen LogP contribution in [0.25, 0.3) is 0 Å². The molecular formula is C22H38O4S. The van der Waals surface area contributed by atoms with Crippen molar-refractivity contribution in [2.75, 3.05) is 0 Å². The Bertz CT molecular complexity index is 611. The molecule has 1 aromatic carbocycles. The first-order valence-corrected chi connectivity index (χ1v) is 12.2. The number of unbranched alkanes of at least 4 members (excludes halogenated alkanes) is 13. The van der Waals surface area contributed by atoms with Crippen LogP contribution in [0.15, 0.2) is 23.1 Å². The van der Waals surface area contributed by atoms with Crippen molar-refractivity contribution in [3.63, 3.8) is 0 Å². The summed E-state index contributed by atoms with van der Waals surface area (Å²) in [7, 11) is -4.35. The fraction of sp³-hybridized carbons (Fsp3) is 0.727. The highest BCUT2D eigenvalue weighted by Gasteiger charge is 2.15. The molecule has 0 saturated heterocycles. The van der Waals surface area contributed by atoms with Crippen molar-refractivity contribution < 1.29 is 18.1 Å². The smallest absolute Gasteiger partial charge is 0.298 e. The number of aromatic hydroxyl groups is 1. The van der Waals surface area contributed by atoms with E-state index >= 15 is 0 Å². The van der Waals surface area contributed by atoms with Crippen LogP contribution in [0, 0.1) is 0 Å². The zero-order chi connectivity index (χ0) is 20.0. The molecule has 1 rings (SSSR count). The summed E-state index contributed by atoms with van der Waals surface area (Å²) in [6, 6.07) is 4.36. The van der Waals surface area contributed by atoms with Gasteiger partial charge < -0.3 is 5.11 Å². The Kier molecular flexibility index (Phi) is 12.4. The maximum atomic E-state index is 11.1. The SMILES string of the molecule is CCCCCCCCCCCCCCCCc1ccc(S(=O)(=O)O)c(O)c1. The number of hydrogen-bond acceptors (Lipinski definition) is 3. The highest BCUT2D eigenvalue weighted by Crippen LogP contribution is 2.24. The van der Waals surface area contributed by atoms with Crippen molar-refractivity contribution in [1.29, 1.82) is 0 Å². The van der Waals surface area contributed by atoms with Crippen LogP contribution in [0.5, 0.6) is 5.75 Å². The van der Waals surface area contributed by atoms with Gasteiger partial charge in [0.15, 0.2) is 0 Å². The fourth-order valence-electron chi connectivity index (χ4n) is 3.46. The predicted octanol–water partition coefficient (Wildman–Crippen LogP) is 6.66. The third-order valence-corrected chi connectivity index (χ3v) is 6.02. The van der Waals surface area contributed by atoms with E-state index in [1.54, 1.807) is 6.07 Å². The van der Waals surface area contributed by atoms with E-state index in [0.29, 0.717) is 0 Å². The normalized spacial score (nSPS) is 11.8. The van der Waals surface area contributed by atoms with Gasteiger partial charge >= 0.3 is 0 Å². The van der Waals surface area contributed by atoms with E-state index in [9.17, 15) is 13.5 Å². The minimum absolute atomic E-state index is 0.375. The molecule has 0 aliphatic heterocycles. The van der Waals surface area contributed by atoms with E-state index in [1.165, 1.54) is 89.2 Å². The fourth-order valence-corrected chi connectivity index (χ4v) is 4.02. The topological polar surface area (TPSA) is 74.6 Å². The van der Waals surface area contributed by atoms with Crippen LogP contribution in [0.4, 0.5) is 0 Å². The van der Waals surface area contributed by atoms with E-state index in [-0.39, 0.29) is 5.75 Å². The molecule has 27 heavy (non-hydrogen) atoms.